The van der Waals surface area contributed by atoms with Crippen LogP contribution >= 0.6 is 35.9 Å². The van der Waals surface area contributed by atoms with Gasteiger partial charge >= 0.3 is 0 Å². The highest BCUT2D eigenvalue weighted by Crippen LogP contribution is 2.06. The number of hydrogen-bond acceptors (Lipinski definition) is 5. The van der Waals surface area contributed by atoms with Crippen LogP contribution in [0.5, 0.6) is 0 Å². The van der Waals surface area contributed by atoms with Crippen molar-refractivity contribution in [2.24, 2.45) is 5.73 Å². The van der Waals surface area contributed by atoms with Gasteiger partial charge in [0.25, 0.3) is 0 Å². The lowest BCUT2D eigenvalue weighted by molar-refractivity contribution is -0.119. The van der Waals surface area contributed by atoms with E-state index in [1.807, 2.05) is 0 Å². The summed E-state index contributed by atoms with van der Waals surface area (Å²) in [6.07, 6.45) is 0.914. The van der Waals surface area contributed by atoms with Crippen LogP contribution in [0.2, 0.25) is 0 Å². The smallest absolute Gasteiger partial charge is 0.217 e. The molecule has 0 spiro atoms. The zero-order chi connectivity index (χ0) is 13.1. The van der Waals surface area contributed by atoms with E-state index in [1.165, 1.54) is 13.8 Å². The number of rotatable bonds is 9. The minimum Gasteiger partial charge on any atom is -0.347 e. The molecule has 0 aliphatic heterocycles. The van der Waals surface area contributed by atoms with Crippen LogP contribution < -0.4 is 16.4 Å². The Labute approximate surface area is 123 Å². The molecule has 0 bridgehead atoms. The highest BCUT2D eigenvalue weighted by Gasteiger charge is 2.03. The fraction of sp³-hybridized carbons (Fsp3) is 0.800. The van der Waals surface area contributed by atoms with Crippen LogP contribution in [-0.2, 0) is 9.59 Å². The third-order valence-corrected chi connectivity index (χ3v) is 3.70. The van der Waals surface area contributed by atoms with E-state index < -0.39 is 0 Å². The maximum atomic E-state index is 10.6. The van der Waals surface area contributed by atoms with E-state index in [-0.39, 0.29) is 30.3 Å². The number of carbonyl (C=O) groups excluding carboxylic acids is 2. The van der Waals surface area contributed by atoms with Gasteiger partial charge in [0, 0.05) is 25.6 Å². The van der Waals surface area contributed by atoms with Crippen molar-refractivity contribution in [1.29, 1.82) is 0 Å². The fourth-order valence-electron chi connectivity index (χ4n) is 0.906. The van der Waals surface area contributed by atoms with Crippen LogP contribution in [0.1, 0.15) is 20.3 Å². The Hall–Kier alpha value is -0.110. The van der Waals surface area contributed by atoms with Gasteiger partial charge in [0.1, 0.15) is 0 Å². The molecule has 108 valence electrons. The summed E-state index contributed by atoms with van der Waals surface area (Å²) in [5.74, 6) is 3.00. The summed E-state index contributed by atoms with van der Waals surface area (Å²) in [7, 11) is 0. The van der Waals surface area contributed by atoms with Gasteiger partial charge in [-0.1, -0.05) is 0 Å². The van der Waals surface area contributed by atoms with E-state index in [0.29, 0.717) is 11.8 Å². The van der Waals surface area contributed by atoms with Crippen molar-refractivity contribution in [2.45, 2.75) is 26.3 Å². The standard InChI is InChI=1S/C10H21N3O2S2.ClH/c1-8(14)12-6-16-4-3-10(11)5-17-7-13-9(2)15;/h10H,3-7,11H2,1-2H3,(H,12,14)(H,13,15);1H/t10-;/m0./s1. The largest absolute Gasteiger partial charge is 0.347 e. The third kappa shape index (κ3) is 15.9. The van der Waals surface area contributed by atoms with E-state index in [2.05, 4.69) is 10.6 Å². The van der Waals surface area contributed by atoms with Gasteiger partial charge in [-0.25, -0.2) is 0 Å². The van der Waals surface area contributed by atoms with E-state index >= 15 is 0 Å². The Bertz CT molecular complexity index is 245. The van der Waals surface area contributed by atoms with E-state index in [0.717, 1.165) is 17.9 Å². The first-order valence-corrected chi connectivity index (χ1v) is 7.73. The molecular formula is C10H22ClN3O2S2. The highest BCUT2D eigenvalue weighted by atomic mass is 35.5. The molecule has 0 aromatic heterocycles. The minimum atomic E-state index is -0.0167. The molecule has 1 atom stereocenters. The molecule has 0 aliphatic carbocycles. The zero-order valence-electron chi connectivity index (χ0n) is 10.7. The van der Waals surface area contributed by atoms with Crippen LogP contribution in [-0.4, -0.2) is 41.1 Å². The van der Waals surface area contributed by atoms with Gasteiger partial charge in [-0.15, -0.1) is 35.9 Å². The predicted octanol–water partition coefficient (Wildman–Crippen LogP) is 0.779. The summed E-state index contributed by atoms with van der Waals surface area (Å²) in [5.41, 5.74) is 5.90. The molecule has 0 aromatic carbocycles. The molecule has 0 unspecified atom stereocenters. The van der Waals surface area contributed by atoms with E-state index in [9.17, 15) is 9.59 Å². The normalized spacial score (nSPS) is 11.3. The Morgan fingerprint density at radius 3 is 2.11 bits per heavy atom. The van der Waals surface area contributed by atoms with Crippen LogP contribution in [0.4, 0.5) is 0 Å². The summed E-state index contributed by atoms with van der Waals surface area (Å²) in [6, 6.07) is 0.138. The van der Waals surface area contributed by atoms with Gasteiger partial charge in [-0.2, -0.15) is 0 Å². The molecule has 0 rings (SSSR count). The average molecular weight is 316 g/mol. The number of amides is 2. The summed E-state index contributed by atoms with van der Waals surface area (Å²) < 4.78 is 0. The quantitative estimate of drug-likeness (QED) is 0.432. The van der Waals surface area contributed by atoms with Crippen molar-refractivity contribution >= 4 is 47.7 Å². The molecule has 0 aliphatic rings. The Kier molecular flexibility index (Phi) is 15.0. The lowest BCUT2D eigenvalue weighted by atomic mass is 10.3. The monoisotopic (exact) mass is 315 g/mol. The molecule has 4 N–H and O–H groups in total. The summed E-state index contributed by atoms with van der Waals surface area (Å²) >= 11 is 3.29. The Balaban J connectivity index is 0. The second-order valence-corrected chi connectivity index (χ2v) is 5.72. The maximum Gasteiger partial charge on any atom is 0.217 e. The van der Waals surface area contributed by atoms with Crippen LogP contribution in [0.25, 0.3) is 0 Å². The molecule has 0 heterocycles. The van der Waals surface area contributed by atoms with Crippen molar-refractivity contribution < 1.29 is 9.59 Å². The number of nitrogens with two attached hydrogens (primary N) is 1. The number of thioether (sulfide) groups is 2. The molecule has 0 fully saturated rings. The molecule has 8 heteroatoms. The molecular weight excluding hydrogens is 294 g/mol. The van der Waals surface area contributed by atoms with Crippen molar-refractivity contribution in [3.05, 3.63) is 0 Å². The lowest BCUT2D eigenvalue weighted by Gasteiger charge is -2.11. The van der Waals surface area contributed by atoms with E-state index in [1.54, 1.807) is 23.5 Å². The highest BCUT2D eigenvalue weighted by molar-refractivity contribution is 7.99. The Morgan fingerprint density at radius 2 is 1.61 bits per heavy atom. The molecule has 0 radical (unpaired) electrons. The molecule has 0 saturated carbocycles. The summed E-state index contributed by atoms with van der Waals surface area (Å²) in [6.45, 7) is 3.00. The van der Waals surface area contributed by atoms with Crippen molar-refractivity contribution in [1.82, 2.24) is 10.6 Å². The first kappa shape index (κ1) is 20.2. The van der Waals surface area contributed by atoms with Crippen molar-refractivity contribution in [2.75, 3.05) is 23.3 Å². The molecule has 2 amide bonds. The average Bonchev–Trinajstić information content (AvgIpc) is 2.23. The minimum absolute atomic E-state index is 0. The van der Waals surface area contributed by atoms with Gasteiger partial charge in [0.05, 0.1) is 11.8 Å². The van der Waals surface area contributed by atoms with Crippen LogP contribution in [0.3, 0.4) is 0 Å². The second-order valence-electron chi connectivity index (χ2n) is 3.58. The van der Waals surface area contributed by atoms with Crippen LogP contribution in [0, 0.1) is 0 Å². The third-order valence-electron chi connectivity index (χ3n) is 1.81. The van der Waals surface area contributed by atoms with Gasteiger partial charge < -0.3 is 16.4 Å². The lowest BCUT2D eigenvalue weighted by Crippen LogP contribution is -2.26. The second kappa shape index (κ2) is 13.3. The van der Waals surface area contributed by atoms with Gasteiger partial charge in [-0.3, -0.25) is 9.59 Å². The van der Waals surface area contributed by atoms with E-state index in [4.69, 9.17) is 5.73 Å². The van der Waals surface area contributed by atoms with Crippen LogP contribution in [0.15, 0.2) is 0 Å². The van der Waals surface area contributed by atoms with Gasteiger partial charge in [-0.05, 0) is 12.2 Å². The number of halogens is 1. The molecule has 5 nitrogen and oxygen atoms in total. The summed E-state index contributed by atoms with van der Waals surface area (Å²) in [4.78, 5) is 21.2. The first-order valence-electron chi connectivity index (χ1n) is 5.42. The summed E-state index contributed by atoms with van der Waals surface area (Å²) in [5, 5.41) is 5.42. The van der Waals surface area contributed by atoms with Crippen molar-refractivity contribution in [3.63, 3.8) is 0 Å². The van der Waals surface area contributed by atoms with Gasteiger partial charge in [0.2, 0.25) is 11.8 Å². The molecule has 0 saturated heterocycles. The van der Waals surface area contributed by atoms with Crippen molar-refractivity contribution in [3.8, 4) is 0 Å². The maximum absolute atomic E-state index is 10.6. The molecule has 0 aromatic rings. The zero-order valence-corrected chi connectivity index (χ0v) is 13.2. The van der Waals surface area contributed by atoms with Gasteiger partial charge in [0.15, 0.2) is 0 Å². The SMILES string of the molecule is CC(=O)NCSCC[C@H](N)CSCNC(C)=O.Cl. The first-order chi connectivity index (χ1) is 8.02. The predicted molar refractivity (Wildman–Crippen MR) is 82.1 cm³/mol. The number of carbonyl (C=O) groups is 2. The topological polar surface area (TPSA) is 84.2 Å². The number of nitrogens with one attached hydrogen (secondary N) is 2. The Morgan fingerprint density at radius 1 is 1.11 bits per heavy atom. The molecule has 18 heavy (non-hydrogen) atoms. The fourth-order valence-corrected chi connectivity index (χ4v) is 2.72. The number of hydrogen-bond donors (Lipinski definition) is 3.